The molecule has 0 amide bonds. The van der Waals surface area contributed by atoms with Crippen molar-refractivity contribution in [3.63, 3.8) is 0 Å². The first-order valence-electron chi connectivity index (χ1n) is 6.35. The van der Waals surface area contributed by atoms with Gasteiger partial charge in [-0.25, -0.2) is 0 Å². The second-order valence-corrected chi connectivity index (χ2v) is 4.68. The van der Waals surface area contributed by atoms with Crippen molar-refractivity contribution in [3.05, 3.63) is 24.3 Å². The molecule has 1 aromatic carbocycles. The summed E-state index contributed by atoms with van der Waals surface area (Å²) >= 11 is 0. The summed E-state index contributed by atoms with van der Waals surface area (Å²) in [6.07, 6.45) is 1.17. The van der Waals surface area contributed by atoms with Gasteiger partial charge in [0.2, 0.25) is 0 Å². The van der Waals surface area contributed by atoms with E-state index in [4.69, 9.17) is 9.47 Å². The maximum Gasteiger partial charge on any atom is 0.119 e. The van der Waals surface area contributed by atoms with Crippen LogP contribution in [0.1, 0.15) is 20.3 Å². The Kier molecular flexibility index (Phi) is 4.26. The molecule has 0 radical (unpaired) electrons. The van der Waals surface area contributed by atoms with Crippen LogP contribution in [-0.2, 0) is 4.74 Å². The fraction of sp³-hybridized carbons (Fsp3) is 0.571. The Bertz CT molecular complexity index is 337. The number of hydrogen-bond donors (Lipinski definition) is 1. The van der Waals surface area contributed by atoms with Crippen LogP contribution in [0.2, 0.25) is 0 Å². The van der Waals surface area contributed by atoms with E-state index >= 15 is 0 Å². The molecule has 3 heteroatoms. The van der Waals surface area contributed by atoms with E-state index in [1.54, 1.807) is 0 Å². The maximum atomic E-state index is 5.54. The minimum absolute atomic E-state index is 0.427. The zero-order valence-electron chi connectivity index (χ0n) is 10.6. The summed E-state index contributed by atoms with van der Waals surface area (Å²) in [6, 6.07) is 8.54. The van der Waals surface area contributed by atoms with Gasteiger partial charge in [-0.1, -0.05) is 6.92 Å². The lowest BCUT2D eigenvalue weighted by Gasteiger charge is -2.28. The third kappa shape index (κ3) is 3.63. The number of rotatable bonds is 4. The zero-order chi connectivity index (χ0) is 12.1. The lowest BCUT2D eigenvalue weighted by atomic mass is 10.0. The van der Waals surface area contributed by atoms with Crippen molar-refractivity contribution in [2.45, 2.75) is 26.3 Å². The molecule has 0 bridgehead atoms. The van der Waals surface area contributed by atoms with Crippen LogP contribution < -0.4 is 10.1 Å². The van der Waals surface area contributed by atoms with Crippen molar-refractivity contribution in [3.8, 4) is 5.75 Å². The van der Waals surface area contributed by atoms with Crippen LogP contribution in [0.4, 0.5) is 5.69 Å². The highest BCUT2D eigenvalue weighted by molar-refractivity contribution is 5.47. The van der Waals surface area contributed by atoms with Crippen molar-refractivity contribution < 1.29 is 9.47 Å². The Morgan fingerprint density at radius 1 is 1.29 bits per heavy atom. The lowest BCUT2D eigenvalue weighted by molar-refractivity contribution is 0.0528. The van der Waals surface area contributed by atoms with Gasteiger partial charge in [0, 0.05) is 18.3 Å². The molecule has 0 spiro atoms. The highest BCUT2D eigenvalue weighted by Crippen LogP contribution is 2.20. The minimum atomic E-state index is 0.427. The molecule has 1 fully saturated rings. The van der Waals surface area contributed by atoms with Gasteiger partial charge in [-0.2, -0.15) is 0 Å². The normalized spacial score (nSPS) is 24.4. The van der Waals surface area contributed by atoms with E-state index in [0.29, 0.717) is 18.6 Å². The van der Waals surface area contributed by atoms with Gasteiger partial charge in [0.05, 0.1) is 13.2 Å². The van der Waals surface area contributed by atoms with Crippen LogP contribution in [-0.4, -0.2) is 25.9 Å². The quantitative estimate of drug-likeness (QED) is 0.870. The van der Waals surface area contributed by atoms with E-state index in [2.05, 4.69) is 24.4 Å². The summed E-state index contributed by atoms with van der Waals surface area (Å²) in [6.45, 7) is 6.62. The number of ether oxygens (including phenoxy) is 2. The Morgan fingerprint density at radius 3 is 2.71 bits per heavy atom. The van der Waals surface area contributed by atoms with Gasteiger partial charge < -0.3 is 14.8 Å². The molecule has 2 rings (SSSR count). The second-order valence-electron chi connectivity index (χ2n) is 4.68. The summed E-state index contributed by atoms with van der Waals surface area (Å²) in [5.41, 5.74) is 1.14. The molecule has 1 aliphatic rings. The average Bonchev–Trinajstić information content (AvgIpc) is 2.32. The molecule has 0 saturated carbocycles. The third-order valence-electron chi connectivity index (χ3n) is 2.94. The summed E-state index contributed by atoms with van der Waals surface area (Å²) in [4.78, 5) is 0. The molecule has 1 saturated heterocycles. The molecule has 17 heavy (non-hydrogen) atoms. The predicted octanol–water partition coefficient (Wildman–Crippen LogP) is 2.92. The molecule has 1 N–H and O–H groups in total. The van der Waals surface area contributed by atoms with Gasteiger partial charge in [-0.3, -0.25) is 0 Å². The number of nitrogens with one attached hydrogen (secondary N) is 1. The lowest BCUT2D eigenvalue weighted by Crippen LogP contribution is -2.34. The molecule has 0 aliphatic carbocycles. The van der Waals surface area contributed by atoms with Crippen LogP contribution in [0.5, 0.6) is 5.75 Å². The minimum Gasteiger partial charge on any atom is -0.494 e. The molecule has 1 aliphatic heterocycles. The second kappa shape index (κ2) is 5.92. The standard InChI is InChI=1S/C14H21NO2/c1-3-17-14-6-4-12(5-7-14)15-13-8-11(2)9-16-10-13/h4-7,11,13,15H,3,8-10H2,1-2H3/t11-,13+/m0/s1. The van der Waals surface area contributed by atoms with Gasteiger partial charge in [0.1, 0.15) is 5.75 Å². The van der Waals surface area contributed by atoms with E-state index in [1.807, 2.05) is 19.1 Å². The van der Waals surface area contributed by atoms with E-state index in [9.17, 15) is 0 Å². The summed E-state index contributed by atoms with van der Waals surface area (Å²) in [5.74, 6) is 1.57. The molecule has 1 heterocycles. The zero-order valence-corrected chi connectivity index (χ0v) is 10.6. The fourth-order valence-corrected chi connectivity index (χ4v) is 2.18. The Labute approximate surface area is 103 Å². The van der Waals surface area contributed by atoms with Gasteiger partial charge in [0.15, 0.2) is 0 Å². The van der Waals surface area contributed by atoms with E-state index in [1.165, 1.54) is 6.42 Å². The highest BCUT2D eigenvalue weighted by Gasteiger charge is 2.18. The monoisotopic (exact) mass is 235 g/mol. The average molecular weight is 235 g/mol. The third-order valence-corrected chi connectivity index (χ3v) is 2.94. The largest absolute Gasteiger partial charge is 0.494 e. The van der Waals surface area contributed by atoms with Crippen molar-refractivity contribution in [1.82, 2.24) is 0 Å². The summed E-state index contributed by atoms with van der Waals surface area (Å²) < 4.78 is 11.0. The van der Waals surface area contributed by atoms with E-state index < -0.39 is 0 Å². The highest BCUT2D eigenvalue weighted by atomic mass is 16.5. The molecular formula is C14H21NO2. The number of anilines is 1. The van der Waals surface area contributed by atoms with E-state index in [0.717, 1.165) is 24.7 Å². The van der Waals surface area contributed by atoms with Gasteiger partial charge in [-0.05, 0) is 43.5 Å². The molecule has 0 aromatic heterocycles. The van der Waals surface area contributed by atoms with Crippen LogP contribution in [0.15, 0.2) is 24.3 Å². The molecule has 3 nitrogen and oxygen atoms in total. The van der Waals surface area contributed by atoms with Crippen LogP contribution in [0.25, 0.3) is 0 Å². The molecular weight excluding hydrogens is 214 g/mol. The van der Waals surface area contributed by atoms with Crippen LogP contribution in [0.3, 0.4) is 0 Å². The van der Waals surface area contributed by atoms with Gasteiger partial charge in [0.25, 0.3) is 0 Å². The topological polar surface area (TPSA) is 30.5 Å². The Hall–Kier alpha value is -1.22. The van der Waals surface area contributed by atoms with Crippen molar-refractivity contribution in [1.29, 1.82) is 0 Å². The number of benzene rings is 1. The van der Waals surface area contributed by atoms with E-state index in [-0.39, 0.29) is 0 Å². The van der Waals surface area contributed by atoms with Crippen LogP contribution >= 0.6 is 0 Å². The van der Waals surface area contributed by atoms with Crippen LogP contribution in [0, 0.1) is 5.92 Å². The molecule has 1 aromatic rings. The first-order chi connectivity index (χ1) is 8.28. The smallest absolute Gasteiger partial charge is 0.119 e. The summed E-state index contributed by atoms with van der Waals surface area (Å²) in [7, 11) is 0. The summed E-state index contributed by atoms with van der Waals surface area (Å²) in [5, 5.41) is 3.50. The van der Waals surface area contributed by atoms with Crippen molar-refractivity contribution in [2.24, 2.45) is 5.92 Å². The maximum absolute atomic E-state index is 5.54. The van der Waals surface area contributed by atoms with Crippen molar-refractivity contribution in [2.75, 3.05) is 25.1 Å². The number of hydrogen-bond acceptors (Lipinski definition) is 3. The Balaban J connectivity index is 1.89. The van der Waals surface area contributed by atoms with Gasteiger partial charge in [-0.15, -0.1) is 0 Å². The molecule has 94 valence electrons. The Morgan fingerprint density at radius 2 is 2.06 bits per heavy atom. The van der Waals surface area contributed by atoms with Gasteiger partial charge >= 0.3 is 0 Å². The first kappa shape index (κ1) is 12.2. The van der Waals surface area contributed by atoms with Crippen molar-refractivity contribution >= 4 is 5.69 Å². The molecule has 2 atom stereocenters. The predicted molar refractivity (Wildman–Crippen MR) is 69.6 cm³/mol. The molecule has 0 unspecified atom stereocenters. The fourth-order valence-electron chi connectivity index (χ4n) is 2.18. The SMILES string of the molecule is CCOc1ccc(N[C@H]2COC[C@@H](C)C2)cc1. The first-order valence-corrected chi connectivity index (χ1v) is 6.35.